The minimum Gasteiger partial charge on any atom is -0.418 e. The van der Waals surface area contributed by atoms with Crippen LogP contribution in [0.3, 0.4) is 0 Å². The standard InChI is InChI=1S/C23H19N2.BF4/c24-25-22(19-12-6-2-7-13-19)16-21(18-10-4-1-5-11-18)17-23(25)20-14-8-3-9-15-20;2-1(3,4)5/h1-17H,24H2;/q+1;-1. The number of rotatable bonds is 3. The van der Waals surface area contributed by atoms with Gasteiger partial charge in [-0.2, -0.15) is 0 Å². The Kier molecular flexibility index (Phi) is 6.52. The Balaban J connectivity index is 0.000000461. The molecule has 0 saturated heterocycles. The zero-order valence-corrected chi connectivity index (χ0v) is 15.9. The maximum atomic E-state index is 9.75. The first-order valence-electron chi connectivity index (χ1n) is 9.22. The molecule has 2 nitrogen and oxygen atoms in total. The fourth-order valence-corrected chi connectivity index (χ4v) is 3.07. The summed E-state index contributed by atoms with van der Waals surface area (Å²) in [6, 6.07) is 35.2. The van der Waals surface area contributed by atoms with Crippen molar-refractivity contribution in [3.05, 3.63) is 103 Å². The number of pyridine rings is 1. The van der Waals surface area contributed by atoms with Crippen molar-refractivity contribution in [1.82, 2.24) is 0 Å². The Hall–Kier alpha value is -3.61. The van der Waals surface area contributed by atoms with E-state index in [-0.39, 0.29) is 0 Å². The maximum absolute atomic E-state index is 9.75. The molecule has 1 heterocycles. The van der Waals surface area contributed by atoms with E-state index in [1.54, 1.807) is 4.68 Å². The van der Waals surface area contributed by atoms with Crippen LogP contribution in [0.4, 0.5) is 17.3 Å². The molecule has 0 aliphatic heterocycles. The molecule has 2 N–H and O–H groups in total. The Morgan fingerprint density at radius 2 is 0.800 bits per heavy atom. The summed E-state index contributed by atoms with van der Waals surface area (Å²) in [5.41, 5.74) is 6.50. The van der Waals surface area contributed by atoms with E-state index < -0.39 is 7.25 Å². The third-order valence-electron chi connectivity index (χ3n) is 4.35. The number of hydrogen-bond donors (Lipinski definition) is 1. The summed E-state index contributed by atoms with van der Waals surface area (Å²) in [4.78, 5) is 0. The van der Waals surface area contributed by atoms with E-state index >= 15 is 0 Å². The molecule has 0 aliphatic rings. The Morgan fingerprint density at radius 1 is 0.500 bits per heavy atom. The lowest BCUT2D eigenvalue weighted by atomic mass is 10.00. The summed E-state index contributed by atoms with van der Waals surface area (Å²) < 4.78 is 40.8. The average molecular weight is 410 g/mol. The first-order chi connectivity index (χ1) is 14.3. The van der Waals surface area contributed by atoms with E-state index in [0.29, 0.717) is 0 Å². The normalized spacial score (nSPS) is 10.8. The highest BCUT2D eigenvalue weighted by molar-refractivity contribution is 6.50. The molecule has 0 amide bonds. The Labute approximate surface area is 172 Å². The highest BCUT2D eigenvalue weighted by Gasteiger charge is 2.21. The number of nitrogens with two attached hydrogens (primary N) is 1. The van der Waals surface area contributed by atoms with Crippen LogP contribution in [0.2, 0.25) is 0 Å². The first-order valence-corrected chi connectivity index (χ1v) is 9.22. The summed E-state index contributed by atoms with van der Waals surface area (Å²) in [7, 11) is -6.00. The number of nitrogens with zero attached hydrogens (tertiary/aromatic N) is 1. The molecule has 7 heteroatoms. The second-order valence-corrected chi connectivity index (χ2v) is 6.48. The van der Waals surface area contributed by atoms with Gasteiger partial charge in [-0.3, -0.25) is 0 Å². The predicted octanol–water partition coefficient (Wildman–Crippen LogP) is 5.99. The second kappa shape index (κ2) is 9.26. The zero-order chi connectivity index (χ0) is 21.6. The van der Waals surface area contributed by atoms with Crippen molar-refractivity contribution in [1.29, 1.82) is 0 Å². The minimum atomic E-state index is -6.00. The van der Waals surface area contributed by atoms with Crippen LogP contribution in [0, 0.1) is 0 Å². The molecule has 3 aromatic carbocycles. The van der Waals surface area contributed by atoms with Crippen LogP contribution in [-0.2, 0) is 0 Å². The number of hydrogen-bond acceptors (Lipinski definition) is 1. The van der Waals surface area contributed by atoms with Crippen LogP contribution < -0.4 is 10.5 Å². The van der Waals surface area contributed by atoms with Crippen LogP contribution in [0.5, 0.6) is 0 Å². The van der Waals surface area contributed by atoms with Gasteiger partial charge in [0.05, 0.1) is 0 Å². The van der Waals surface area contributed by atoms with Crippen molar-refractivity contribution < 1.29 is 21.9 Å². The van der Waals surface area contributed by atoms with E-state index in [4.69, 9.17) is 5.84 Å². The first kappa shape index (κ1) is 21.1. The van der Waals surface area contributed by atoms with Gasteiger partial charge in [0.15, 0.2) is 0 Å². The van der Waals surface area contributed by atoms with Crippen molar-refractivity contribution >= 4 is 7.25 Å². The quantitative estimate of drug-likeness (QED) is 0.191. The van der Waals surface area contributed by atoms with Crippen molar-refractivity contribution in [2.45, 2.75) is 0 Å². The van der Waals surface area contributed by atoms with Crippen molar-refractivity contribution in [2.75, 3.05) is 5.84 Å². The van der Waals surface area contributed by atoms with Crippen molar-refractivity contribution in [2.24, 2.45) is 0 Å². The predicted molar refractivity (Wildman–Crippen MR) is 113 cm³/mol. The fraction of sp³-hybridized carbons (Fsp3) is 0. The summed E-state index contributed by atoms with van der Waals surface area (Å²) in [6.07, 6.45) is 0. The van der Waals surface area contributed by atoms with Gasteiger partial charge in [0, 0.05) is 23.3 Å². The van der Waals surface area contributed by atoms with Crippen LogP contribution in [-0.4, -0.2) is 7.25 Å². The monoisotopic (exact) mass is 410 g/mol. The van der Waals surface area contributed by atoms with Gasteiger partial charge in [-0.05, 0) is 35.4 Å². The van der Waals surface area contributed by atoms with Crippen LogP contribution in [0.25, 0.3) is 33.6 Å². The lowest BCUT2D eigenvalue weighted by molar-refractivity contribution is -0.615. The number of nitrogen functional groups attached to an aromatic ring is 1. The molecule has 0 atom stereocenters. The van der Waals surface area contributed by atoms with Gasteiger partial charge in [0.1, 0.15) is 0 Å². The summed E-state index contributed by atoms with van der Waals surface area (Å²) in [5.74, 6) is 6.51. The van der Waals surface area contributed by atoms with E-state index in [0.717, 1.165) is 28.1 Å². The summed E-state index contributed by atoms with van der Waals surface area (Å²) in [5, 5.41) is 0. The van der Waals surface area contributed by atoms with Crippen LogP contribution in [0.15, 0.2) is 103 Å². The molecule has 4 rings (SSSR count). The lowest BCUT2D eigenvalue weighted by Gasteiger charge is -2.08. The van der Waals surface area contributed by atoms with Crippen LogP contribution >= 0.6 is 0 Å². The second-order valence-electron chi connectivity index (χ2n) is 6.48. The molecule has 0 unspecified atom stereocenters. The topological polar surface area (TPSA) is 29.9 Å². The molecular formula is C23H19BF4N2. The summed E-state index contributed by atoms with van der Waals surface area (Å²) in [6.45, 7) is 0. The van der Waals surface area contributed by atoms with Gasteiger partial charge in [-0.15, -0.1) is 0 Å². The molecule has 4 aromatic rings. The summed E-state index contributed by atoms with van der Waals surface area (Å²) >= 11 is 0. The third kappa shape index (κ3) is 5.70. The largest absolute Gasteiger partial charge is 0.673 e. The van der Waals surface area contributed by atoms with Crippen molar-refractivity contribution in [3.63, 3.8) is 0 Å². The maximum Gasteiger partial charge on any atom is 0.673 e. The highest BCUT2D eigenvalue weighted by atomic mass is 19.5. The van der Waals surface area contributed by atoms with Gasteiger partial charge >= 0.3 is 7.25 Å². The Morgan fingerprint density at radius 3 is 1.13 bits per heavy atom. The molecular weight excluding hydrogens is 391 g/mol. The average Bonchev–Trinajstić information content (AvgIpc) is 2.75. The van der Waals surface area contributed by atoms with E-state index in [2.05, 4.69) is 60.7 Å². The molecule has 152 valence electrons. The van der Waals surface area contributed by atoms with Crippen LogP contribution in [0.1, 0.15) is 0 Å². The van der Waals surface area contributed by atoms with E-state index in [1.807, 2.05) is 42.5 Å². The van der Waals surface area contributed by atoms with E-state index in [9.17, 15) is 17.3 Å². The number of halogens is 4. The van der Waals surface area contributed by atoms with Crippen molar-refractivity contribution in [3.8, 4) is 33.6 Å². The molecule has 0 saturated carbocycles. The molecule has 0 spiro atoms. The Bertz CT molecular complexity index is 1020. The van der Waals surface area contributed by atoms with Gasteiger partial charge in [-0.25, -0.2) is 5.84 Å². The molecule has 1 aromatic heterocycles. The number of benzene rings is 3. The smallest absolute Gasteiger partial charge is 0.418 e. The SMILES string of the molecule is F[B-](F)(F)F.N[n+]1c(-c2ccccc2)cc(-c2ccccc2)cc1-c1ccccc1. The molecule has 30 heavy (non-hydrogen) atoms. The highest BCUT2D eigenvalue weighted by Crippen LogP contribution is 2.28. The fourth-order valence-electron chi connectivity index (χ4n) is 3.07. The molecule has 0 aliphatic carbocycles. The van der Waals surface area contributed by atoms with Gasteiger partial charge < -0.3 is 17.3 Å². The zero-order valence-electron chi connectivity index (χ0n) is 15.9. The van der Waals surface area contributed by atoms with Gasteiger partial charge in [-0.1, -0.05) is 71.4 Å². The lowest BCUT2D eigenvalue weighted by Crippen LogP contribution is -2.48. The molecule has 0 bridgehead atoms. The molecule has 0 fully saturated rings. The minimum absolute atomic E-state index is 0.987. The van der Waals surface area contributed by atoms with E-state index in [1.165, 1.54) is 5.56 Å². The van der Waals surface area contributed by atoms with Gasteiger partial charge in [0.25, 0.3) is 0 Å². The third-order valence-corrected chi connectivity index (χ3v) is 4.35. The number of aromatic nitrogens is 1. The van der Waals surface area contributed by atoms with Gasteiger partial charge in [0.2, 0.25) is 11.4 Å². The molecule has 0 radical (unpaired) electrons.